The van der Waals surface area contributed by atoms with Gasteiger partial charge >= 0.3 is 0 Å². The number of nitrogens with zero attached hydrogens (tertiary/aromatic N) is 2. The molecule has 0 radical (unpaired) electrons. The molecule has 1 aliphatic heterocycles. The zero-order valence-corrected chi connectivity index (χ0v) is 16.1. The first-order valence-corrected chi connectivity index (χ1v) is 9.90. The lowest BCUT2D eigenvalue weighted by Crippen LogP contribution is -2.37. The van der Waals surface area contributed by atoms with Gasteiger partial charge in [0.2, 0.25) is 5.91 Å². The molecular weight excluding hydrogens is 364 g/mol. The normalized spacial score (nSPS) is 16.0. The van der Waals surface area contributed by atoms with Crippen LogP contribution >= 0.6 is 11.3 Å². The zero-order valence-electron chi connectivity index (χ0n) is 15.2. The highest BCUT2D eigenvalue weighted by Gasteiger charge is 2.21. The van der Waals surface area contributed by atoms with Gasteiger partial charge in [0.05, 0.1) is 12.5 Å². The average Bonchev–Trinajstić information content (AvgIpc) is 3.07. The number of aliphatic hydroxyl groups is 1. The Morgan fingerprint density at radius 3 is 2.56 bits per heavy atom. The molecule has 1 aromatic carbocycles. The minimum absolute atomic E-state index is 0.207. The van der Waals surface area contributed by atoms with Crippen molar-refractivity contribution in [2.45, 2.75) is 18.9 Å². The summed E-state index contributed by atoms with van der Waals surface area (Å²) in [7, 11) is 0. The fourth-order valence-electron chi connectivity index (χ4n) is 3.11. The first-order valence-electron chi connectivity index (χ1n) is 8.96. The Bertz CT molecular complexity index is 679. The smallest absolute Gasteiger partial charge is 0.290 e. The van der Waals surface area contributed by atoms with E-state index >= 15 is 0 Å². The highest BCUT2D eigenvalue weighted by molar-refractivity contribution is 7.08. The molecule has 2 aromatic rings. The van der Waals surface area contributed by atoms with E-state index in [4.69, 9.17) is 9.90 Å². The molecule has 0 aliphatic carbocycles. The molecule has 0 spiro atoms. The highest BCUT2D eigenvalue weighted by atomic mass is 32.1. The van der Waals surface area contributed by atoms with E-state index in [1.165, 1.54) is 0 Å². The molecule has 6 nitrogen and oxygen atoms in total. The van der Waals surface area contributed by atoms with E-state index in [9.17, 15) is 9.90 Å². The lowest BCUT2D eigenvalue weighted by Gasteiger charge is -2.24. The van der Waals surface area contributed by atoms with Gasteiger partial charge in [0.15, 0.2) is 0 Å². The molecule has 7 heteroatoms. The zero-order chi connectivity index (χ0) is 19.5. The standard InChI is InChI=1S/C19H24N2O2S.CH2O2/c22-18(17-5-2-1-3-6-17)14-20-8-4-9-21(11-10-20)19(23)13-16-7-12-24-15-16;2-1-3/h1-3,5-7,12,15,18,22H,4,8-11,13-14H2;1H,(H,2,3). The lowest BCUT2D eigenvalue weighted by molar-refractivity contribution is -0.130. The number of hydrogen-bond donors (Lipinski definition) is 2. The first kappa shape index (κ1) is 21.1. The third-order valence-electron chi connectivity index (χ3n) is 4.49. The predicted molar refractivity (Wildman–Crippen MR) is 106 cm³/mol. The van der Waals surface area contributed by atoms with Gasteiger partial charge in [-0.3, -0.25) is 14.5 Å². The van der Waals surface area contributed by atoms with Crippen molar-refractivity contribution < 1.29 is 19.8 Å². The van der Waals surface area contributed by atoms with Crippen LogP contribution in [0.3, 0.4) is 0 Å². The number of carbonyl (C=O) groups excluding carboxylic acids is 1. The van der Waals surface area contributed by atoms with Crippen LogP contribution in [0.5, 0.6) is 0 Å². The minimum atomic E-state index is -0.473. The number of carboxylic acid groups (broad SMARTS) is 1. The van der Waals surface area contributed by atoms with Crippen LogP contribution in [0.25, 0.3) is 0 Å². The molecule has 3 rings (SSSR count). The molecular formula is C20H26N2O4S. The highest BCUT2D eigenvalue weighted by Crippen LogP contribution is 2.16. The van der Waals surface area contributed by atoms with Crippen LogP contribution in [-0.4, -0.2) is 65.1 Å². The Morgan fingerprint density at radius 1 is 1.15 bits per heavy atom. The Labute approximate surface area is 163 Å². The summed E-state index contributed by atoms with van der Waals surface area (Å²) in [5, 5.41) is 21.3. The number of hydrogen-bond acceptors (Lipinski definition) is 5. The van der Waals surface area contributed by atoms with Crippen LogP contribution in [0, 0.1) is 0 Å². The topological polar surface area (TPSA) is 81.1 Å². The van der Waals surface area contributed by atoms with Gasteiger partial charge in [-0.05, 0) is 34.4 Å². The first-order chi connectivity index (χ1) is 13.1. The van der Waals surface area contributed by atoms with Crippen molar-refractivity contribution in [3.63, 3.8) is 0 Å². The summed E-state index contributed by atoms with van der Waals surface area (Å²) in [4.78, 5) is 25.0. The van der Waals surface area contributed by atoms with Gasteiger partial charge in [-0.25, -0.2) is 0 Å². The van der Waals surface area contributed by atoms with Gasteiger partial charge in [0, 0.05) is 32.7 Å². The second-order valence-electron chi connectivity index (χ2n) is 6.38. The van der Waals surface area contributed by atoms with E-state index in [1.807, 2.05) is 52.1 Å². The lowest BCUT2D eigenvalue weighted by atomic mass is 10.1. The second-order valence-corrected chi connectivity index (χ2v) is 7.16. The van der Waals surface area contributed by atoms with Crippen molar-refractivity contribution in [1.82, 2.24) is 9.80 Å². The van der Waals surface area contributed by atoms with E-state index in [2.05, 4.69) is 4.90 Å². The van der Waals surface area contributed by atoms with Gasteiger partial charge in [0.1, 0.15) is 0 Å². The van der Waals surface area contributed by atoms with Crippen LogP contribution in [0.4, 0.5) is 0 Å². The van der Waals surface area contributed by atoms with Gasteiger partial charge in [-0.15, -0.1) is 0 Å². The molecule has 1 saturated heterocycles. The summed E-state index contributed by atoms with van der Waals surface area (Å²) in [6, 6.07) is 11.8. The number of β-amino-alcohol motifs (C(OH)–C–C–N with tert-alkyl or cyclic N) is 1. The molecule has 1 atom stereocenters. The monoisotopic (exact) mass is 390 g/mol. The van der Waals surface area contributed by atoms with Crippen LogP contribution in [0.1, 0.15) is 23.7 Å². The van der Waals surface area contributed by atoms with Gasteiger partial charge < -0.3 is 15.1 Å². The summed E-state index contributed by atoms with van der Waals surface area (Å²) >= 11 is 1.63. The molecule has 0 bridgehead atoms. The third-order valence-corrected chi connectivity index (χ3v) is 5.22. The number of aliphatic hydroxyl groups excluding tert-OH is 1. The minimum Gasteiger partial charge on any atom is -0.483 e. The predicted octanol–water partition coefficient (Wildman–Crippen LogP) is 2.26. The van der Waals surface area contributed by atoms with Crippen molar-refractivity contribution >= 4 is 23.7 Å². The SMILES string of the molecule is O=C(Cc1ccsc1)N1CCCN(CC(O)c2ccccc2)CC1.O=CO. The van der Waals surface area contributed by atoms with Crippen molar-refractivity contribution in [2.24, 2.45) is 0 Å². The summed E-state index contributed by atoms with van der Waals surface area (Å²) in [6.07, 6.45) is 0.979. The van der Waals surface area contributed by atoms with Crippen LogP contribution < -0.4 is 0 Å². The van der Waals surface area contributed by atoms with Crippen molar-refractivity contribution in [3.05, 3.63) is 58.3 Å². The Hall–Kier alpha value is -2.22. The van der Waals surface area contributed by atoms with Gasteiger partial charge in [-0.2, -0.15) is 11.3 Å². The molecule has 27 heavy (non-hydrogen) atoms. The summed E-state index contributed by atoms with van der Waals surface area (Å²) in [5.41, 5.74) is 2.05. The Kier molecular flexibility index (Phi) is 8.97. The van der Waals surface area contributed by atoms with Crippen molar-refractivity contribution in [1.29, 1.82) is 0 Å². The maximum Gasteiger partial charge on any atom is 0.290 e. The molecule has 1 amide bonds. The van der Waals surface area contributed by atoms with E-state index in [0.29, 0.717) is 13.0 Å². The van der Waals surface area contributed by atoms with Gasteiger partial charge in [-0.1, -0.05) is 30.3 Å². The number of rotatable bonds is 5. The molecule has 0 saturated carbocycles. The largest absolute Gasteiger partial charge is 0.483 e. The summed E-state index contributed by atoms with van der Waals surface area (Å²) < 4.78 is 0. The molecule has 1 aliphatic rings. The van der Waals surface area contributed by atoms with E-state index < -0.39 is 6.10 Å². The summed E-state index contributed by atoms with van der Waals surface area (Å²) in [5.74, 6) is 0.207. The number of amides is 1. The van der Waals surface area contributed by atoms with Crippen LogP contribution in [0.15, 0.2) is 47.2 Å². The maximum atomic E-state index is 12.4. The third kappa shape index (κ3) is 7.13. The summed E-state index contributed by atoms with van der Waals surface area (Å²) in [6.45, 7) is 3.66. The molecule has 2 N–H and O–H groups in total. The molecule has 2 heterocycles. The number of benzene rings is 1. The Balaban J connectivity index is 0.000000817. The van der Waals surface area contributed by atoms with Crippen LogP contribution in [0.2, 0.25) is 0 Å². The van der Waals surface area contributed by atoms with E-state index in [0.717, 1.165) is 43.7 Å². The number of thiophene rings is 1. The van der Waals surface area contributed by atoms with E-state index in [-0.39, 0.29) is 12.4 Å². The van der Waals surface area contributed by atoms with Gasteiger partial charge in [0.25, 0.3) is 6.47 Å². The molecule has 146 valence electrons. The fourth-order valence-corrected chi connectivity index (χ4v) is 3.78. The maximum absolute atomic E-state index is 12.4. The van der Waals surface area contributed by atoms with Crippen molar-refractivity contribution in [3.8, 4) is 0 Å². The second kappa shape index (κ2) is 11.5. The van der Waals surface area contributed by atoms with E-state index in [1.54, 1.807) is 11.3 Å². The fraction of sp³-hybridized carbons (Fsp3) is 0.400. The quantitative estimate of drug-likeness (QED) is 0.766. The molecule has 1 aromatic heterocycles. The van der Waals surface area contributed by atoms with Crippen LogP contribution in [-0.2, 0) is 16.0 Å². The Morgan fingerprint density at radius 2 is 1.89 bits per heavy atom. The molecule has 1 unspecified atom stereocenters. The number of carbonyl (C=O) groups is 2. The molecule has 1 fully saturated rings. The average molecular weight is 391 g/mol. The van der Waals surface area contributed by atoms with Crippen molar-refractivity contribution in [2.75, 3.05) is 32.7 Å².